The molecule has 1 N–H and O–H groups in total. The van der Waals surface area contributed by atoms with E-state index in [1.54, 1.807) is 7.11 Å². The van der Waals surface area contributed by atoms with Crippen molar-refractivity contribution in [1.29, 1.82) is 0 Å². The zero-order valence-corrected chi connectivity index (χ0v) is 13.3. The van der Waals surface area contributed by atoms with E-state index in [4.69, 9.17) is 4.74 Å². The smallest absolute Gasteiger partial charge is 0.257 e. The first kappa shape index (κ1) is 15.8. The van der Waals surface area contributed by atoms with Gasteiger partial charge in [-0.3, -0.25) is 4.79 Å². The number of hydrogen-bond donors (Lipinski definition) is 1. The van der Waals surface area contributed by atoms with Crippen LogP contribution in [0.1, 0.15) is 37.0 Å². The molecule has 0 aromatic heterocycles. The number of hydrogen-bond acceptors (Lipinski definition) is 3. The van der Waals surface area contributed by atoms with Crippen molar-refractivity contribution < 1.29 is 9.53 Å². The molecule has 1 amide bonds. The minimum atomic E-state index is 0.0740. The third kappa shape index (κ3) is 4.21. The van der Waals surface area contributed by atoms with Crippen molar-refractivity contribution in [3.63, 3.8) is 0 Å². The molecule has 1 unspecified atom stereocenters. The Morgan fingerprint density at radius 3 is 2.90 bits per heavy atom. The second kappa shape index (κ2) is 7.46. The van der Waals surface area contributed by atoms with Crippen LogP contribution in [-0.2, 0) is 0 Å². The highest BCUT2D eigenvalue weighted by molar-refractivity contribution is 5.97. The molecule has 1 aliphatic heterocycles. The zero-order chi connectivity index (χ0) is 15.2. The van der Waals surface area contributed by atoms with Gasteiger partial charge in [0.15, 0.2) is 0 Å². The molecular formula is C17H26N2O2. The number of rotatable bonds is 4. The summed E-state index contributed by atoms with van der Waals surface area (Å²) in [5.41, 5.74) is 0.658. The first-order valence-electron chi connectivity index (χ1n) is 7.77. The molecular weight excluding hydrogens is 264 g/mol. The van der Waals surface area contributed by atoms with Crippen molar-refractivity contribution in [3.05, 3.63) is 29.8 Å². The number of carbonyl (C=O) groups is 1. The lowest BCUT2D eigenvalue weighted by Gasteiger charge is -2.26. The average Bonchev–Trinajstić information content (AvgIpc) is 2.71. The van der Waals surface area contributed by atoms with Gasteiger partial charge in [-0.1, -0.05) is 26.0 Å². The fourth-order valence-electron chi connectivity index (χ4n) is 2.90. The SMILES string of the molecule is COc1ccccc1C(=O)N1CCCNC(CC(C)C)C1. The molecule has 0 radical (unpaired) electrons. The second-order valence-corrected chi connectivity index (χ2v) is 6.09. The number of nitrogens with one attached hydrogen (secondary N) is 1. The molecule has 1 aliphatic rings. The minimum absolute atomic E-state index is 0.0740. The number of methoxy groups -OCH3 is 1. The van der Waals surface area contributed by atoms with Crippen LogP contribution in [0.2, 0.25) is 0 Å². The fraction of sp³-hybridized carbons (Fsp3) is 0.588. The van der Waals surface area contributed by atoms with Crippen molar-refractivity contribution in [2.24, 2.45) is 5.92 Å². The third-order valence-corrected chi connectivity index (χ3v) is 3.86. The van der Waals surface area contributed by atoms with E-state index in [1.807, 2.05) is 29.2 Å². The lowest BCUT2D eigenvalue weighted by Crippen LogP contribution is -2.41. The molecule has 1 aromatic carbocycles. The summed E-state index contributed by atoms with van der Waals surface area (Å²) in [6.45, 7) is 7.00. The summed E-state index contributed by atoms with van der Waals surface area (Å²) < 4.78 is 5.32. The second-order valence-electron chi connectivity index (χ2n) is 6.09. The summed E-state index contributed by atoms with van der Waals surface area (Å²) in [5.74, 6) is 1.36. The summed E-state index contributed by atoms with van der Waals surface area (Å²) in [6, 6.07) is 7.84. The van der Waals surface area contributed by atoms with Crippen molar-refractivity contribution in [3.8, 4) is 5.75 Å². The number of para-hydroxylation sites is 1. The standard InChI is InChI=1S/C17H26N2O2/c1-13(2)11-14-12-19(10-6-9-18-14)17(20)15-7-4-5-8-16(15)21-3/h4-5,7-8,13-14,18H,6,9-12H2,1-3H3. The van der Waals surface area contributed by atoms with Gasteiger partial charge in [0.05, 0.1) is 12.7 Å². The lowest BCUT2D eigenvalue weighted by atomic mass is 10.0. The molecule has 1 atom stereocenters. The van der Waals surface area contributed by atoms with Crippen molar-refractivity contribution in [1.82, 2.24) is 10.2 Å². The van der Waals surface area contributed by atoms with Gasteiger partial charge in [-0.25, -0.2) is 0 Å². The summed E-state index contributed by atoms with van der Waals surface area (Å²) in [7, 11) is 1.61. The lowest BCUT2D eigenvalue weighted by molar-refractivity contribution is 0.0746. The van der Waals surface area contributed by atoms with E-state index in [-0.39, 0.29) is 5.91 Å². The molecule has 1 aromatic rings. The van der Waals surface area contributed by atoms with E-state index in [2.05, 4.69) is 19.2 Å². The van der Waals surface area contributed by atoms with Crippen LogP contribution in [0.4, 0.5) is 0 Å². The Kier molecular flexibility index (Phi) is 5.62. The highest BCUT2D eigenvalue weighted by atomic mass is 16.5. The van der Waals surface area contributed by atoms with E-state index in [9.17, 15) is 4.79 Å². The van der Waals surface area contributed by atoms with E-state index >= 15 is 0 Å². The molecule has 2 rings (SSSR count). The van der Waals surface area contributed by atoms with E-state index in [0.29, 0.717) is 23.3 Å². The predicted molar refractivity (Wildman–Crippen MR) is 84.8 cm³/mol. The molecule has 0 spiro atoms. The Labute approximate surface area is 127 Å². The Bertz CT molecular complexity index is 474. The maximum atomic E-state index is 12.8. The topological polar surface area (TPSA) is 41.6 Å². The molecule has 21 heavy (non-hydrogen) atoms. The number of carbonyl (C=O) groups excluding carboxylic acids is 1. The highest BCUT2D eigenvalue weighted by Crippen LogP contribution is 2.20. The molecule has 1 fully saturated rings. The van der Waals surface area contributed by atoms with Gasteiger partial charge in [0, 0.05) is 19.1 Å². The average molecular weight is 290 g/mol. The third-order valence-electron chi connectivity index (χ3n) is 3.86. The molecule has 116 valence electrons. The molecule has 0 aliphatic carbocycles. The van der Waals surface area contributed by atoms with Gasteiger partial charge in [-0.15, -0.1) is 0 Å². The Morgan fingerprint density at radius 2 is 2.19 bits per heavy atom. The van der Waals surface area contributed by atoms with Crippen LogP contribution in [0.15, 0.2) is 24.3 Å². The van der Waals surface area contributed by atoms with Crippen molar-refractivity contribution in [2.45, 2.75) is 32.7 Å². The molecule has 0 saturated carbocycles. The van der Waals surface area contributed by atoms with Crippen LogP contribution < -0.4 is 10.1 Å². The summed E-state index contributed by atoms with van der Waals surface area (Å²) in [5, 5.41) is 3.55. The van der Waals surface area contributed by atoms with Gasteiger partial charge in [-0.05, 0) is 37.4 Å². The maximum absolute atomic E-state index is 12.8. The minimum Gasteiger partial charge on any atom is -0.496 e. The fourth-order valence-corrected chi connectivity index (χ4v) is 2.90. The van der Waals surface area contributed by atoms with Gasteiger partial charge >= 0.3 is 0 Å². The van der Waals surface area contributed by atoms with Crippen LogP contribution in [-0.4, -0.2) is 43.6 Å². The molecule has 4 heteroatoms. The van der Waals surface area contributed by atoms with Crippen molar-refractivity contribution >= 4 is 5.91 Å². The quantitative estimate of drug-likeness (QED) is 0.926. The number of amides is 1. The van der Waals surface area contributed by atoms with Crippen molar-refractivity contribution in [2.75, 3.05) is 26.7 Å². The molecule has 0 bridgehead atoms. The van der Waals surface area contributed by atoms with E-state index in [0.717, 1.165) is 32.5 Å². The van der Waals surface area contributed by atoms with Gasteiger partial charge < -0.3 is 15.0 Å². The Balaban J connectivity index is 2.13. The number of ether oxygens (including phenoxy) is 1. The van der Waals surface area contributed by atoms with Gasteiger partial charge in [0.1, 0.15) is 5.75 Å². The predicted octanol–water partition coefficient (Wildman–Crippen LogP) is 2.55. The van der Waals surface area contributed by atoms with Crippen LogP contribution in [0.25, 0.3) is 0 Å². The van der Waals surface area contributed by atoms with E-state index < -0.39 is 0 Å². The normalized spacial score (nSPS) is 19.4. The number of benzene rings is 1. The van der Waals surface area contributed by atoms with Gasteiger partial charge in [-0.2, -0.15) is 0 Å². The van der Waals surface area contributed by atoms with Crippen LogP contribution in [0.5, 0.6) is 5.75 Å². The molecule has 1 heterocycles. The Hall–Kier alpha value is -1.55. The first-order valence-corrected chi connectivity index (χ1v) is 7.77. The summed E-state index contributed by atoms with van der Waals surface area (Å²) >= 11 is 0. The summed E-state index contributed by atoms with van der Waals surface area (Å²) in [4.78, 5) is 14.7. The molecule has 4 nitrogen and oxygen atoms in total. The zero-order valence-electron chi connectivity index (χ0n) is 13.3. The van der Waals surface area contributed by atoms with Gasteiger partial charge in [0.2, 0.25) is 0 Å². The molecule has 1 saturated heterocycles. The number of nitrogens with zero attached hydrogens (tertiary/aromatic N) is 1. The largest absolute Gasteiger partial charge is 0.496 e. The van der Waals surface area contributed by atoms with Crippen LogP contribution in [0, 0.1) is 5.92 Å². The monoisotopic (exact) mass is 290 g/mol. The van der Waals surface area contributed by atoms with Crippen LogP contribution in [0.3, 0.4) is 0 Å². The highest BCUT2D eigenvalue weighted by Gasteiger charge is 2.24. The van der Waals surface area contributed by atoms with Crippen LogP contribution >= 0.6 is 0 Å². The maximum Gasteiger partial charge on any atom is 0.257 e. The van der Waals surface area contributed by atoms with Gasteiger partial charge in [0.25, 0.3) is 5.91 Å². The first-order chi connectivity index (χ1) is 10.1. The van der Waals surface area contributed by atoms with E-state index in [1.165, 1.54) is 0 Å². The Morgan fingerprint density at radius 1 is 1.43 bits per heavy atom. The summed E-state index contributed by atoms with van der Waals surface area (Å²) in [6.07, 6.45) is 2.09.